The zero-order valence-electron chi connectivity index (χ0n) is 11.7. The van der Waals surface area contributed by atoms with Crippen molar-refractivity contribution in [2.45, 2.75) is 31.9 Å². The topological polar surface area (TPSA) is 49.4 Å². The highest BCUT2D eigenvalue weighted by molar-refractivity contribution is 5.82. The van der Waals surface area contributed by atoms with Gasteiger partial charge in [0.25, 0.3) is 0 Å². The highest BCUT2D eigenvalue weighted by atomic mass is 19.4. The highest BCUT2D eigenvalue weighted by Gasteiger charge is 2.43. The molecular weight excluding hydrogens is 285 g/mol. The van der Waals surface area contributed by atoms with E-state index >= 15 is 0 Å². The first kappa shape index (κ1) is 15.9. The average molecular weight is 304 g/mol. The fraction of sp³-hybridized carbons (Fsp3) is 0.714. The lowest BCUT2D eigenvalue weighted by atomic mass is 9.96. The molecule has 2 rings (SSSR count). The smallest absolute Gasteiger partial charge is 0.356 e. The van der Waals surface area contributed by atoms with Crippen LogP contribution in [-0.4, -0.2) is 42.5 Å². The van der Waals surface area contributed by atoms with Crippen LogP contribution in [0.5, 0.6) is 0 Å². The fourth-order valence-corrected chi connectivity index (χ4v) is 2.74. The van der Waals surface area contributed by atoms with Crippen molar-refractivity contribution >= 4 is 11.8 Å². The van der Waals surface area contributed by atoms with E-state index in [9.17, 15) is 22.8 Å². The van der Waals surface area contributed by atoms with Crippen molar-refractivity contribution in [2.24, 2.45) is 11.8 Å². The molecule has 4 nitrogen and oxygen atoms in total. The Kier molecular flexibility index (Phi) is 4.90. The second-order valence-corrected chi connectivity index (χ2v) is 5.62. The maximum atomic E-state index is 12.3. The van der Waals surface area contributed by atoms with Gasteiger partial charge in [0.2, 0.25) is 5.91 Å². The first-order chi connectivity index (χ1) is 9.88. The molecule has 1 aliphatic carbocycles. The SMILES string of the molecule is O=C(NCC1CCN(C(=O)C(F)(F)F)CC1)C1CC=CC1. The van der Waals surface area contributed by atoms with E-state index in [1.807, 2.05) is 12.2 Å². The molecule has 2 aliphatic rings. The molecule has 0 aromatic carbocycles. The van der Waals surface area contributed by atoms with E-state index < -0.39 is 12.1 Å². The number of halogens is 3. The molecule has 0 unspecified atom stereocenters. The van der Waals surface area contributed by atoms with E-state index in [0.29, 0.717) is 19.4 Å². The number of carbonyl (C=O) groups is 2. The number of hydrogen-bond acceptors (Lipinski definition) is 2. The summed E-state index contributed by atoms with van der Waals surface area (Å²) < 4.78 is 36.9. The van der Waals surface area contributed by atoms with Crippen LogP contribution >= 0.6 is 0 Å². The number of piperidine rings is 1. The Morgan fingerprint density at radius 3 is 2.24 bits per heavy atom. The van der Waals surface area contributed by atoms with Crippen molar-refractivity contribution in [3.63, 3.8) is 0 Å². The molecule has 0 atom stereocenters. The van der Waals surface area contributed by atoms with Crippen LogP contribution in [0.2, 0.25) is 0 Å². The molecule has 7 heteroatoms. The van der Waals surface area contributed by atoms with E-state index in [-0.39, 0.29) is 30.8 Å². The molecule has 1 fully saturated rings. The molecule has 0 bridgehead atoms. The summed E-state index contributed by atoms with van der Waals surface area (Å²) in [5.41, 5.74) is 0. The predicted octanol–water partition coefficient (Wildman–Crippen LogP) is 1.87. The number of allylic oxidation sites excluding steroid dienone is 2. The van der Waals surface area contributed by atoms with Crippen LogP contribution in [0.3, 0.4) is 0 Å². The molecule has 2 amide bonds. The molecule has 1 N–H and O–H groups in total. The molecule has 1 aliphatic heterocycles. The summed E-state index contributed by atoms with van der Waals surface area (Å²) >= 11 is 0. The second-order valence-electron chi connectivity index (χ2n) is 5.62. The quantitative estimate of drug-likeness (QED) is 0.809. The Balaban J connectivity index is 1.69. The lowest BCUT2D eigenvalue weighted by Crippen LogP contribution is -2.47. The number of alkyl halides is 3. The largest absolute Gasteiger partial charge is 0.471 e. The second kappa shape index (κ2) is 6.49. The molecule has 0 saturated carbocycles. The number of nitrogens with one attached hydrogen (secondary N) is 1. The summed E-state index contributed by atoms with van der Waals surface area (Å²) in [7, 11) is 0. The molecule has 0 aromatic rings. The van der Waals surface area contributed by atoms with Crippen molar-refractivity contribution < 1.29 is 22.8 Å². The minimum Gasteiger partial charge on any atom is -0.356 e. The van der Waals surface area contributed by atoms with Gasteiger partial charge in [-0.2, -0.15) is 13.2 Å². The van der Waals surface area contributed by atoms with Crippen molar-refractivity contribution in [3.8, 4) is 0 Å². The summed E-state index contributed by atoms with van der Waals surface area (Å²) in [5, 5.41) is 2.86. The van der Waals surface area contributed by atoms with Gasteiger partial charge in [0.15, 0.2) is 0 Å². The molecular formula is C14H19F3N2O2. The molecule has 0 spiro atoms. The van der Waals surface area contributed by atoms with Gasteiger partial charge in [0.05, 0.1) is 0 Å². The Hall–Kier alpha value is -1.53. The van der Waals surface area contributed by atoms with Gasteiger partial charge >= 0.3 is 12.1 Å². The molecule has 21 heavy (non-hydrogen) atoms. The first-order valence-electron chi connectivity index (χ1n) is 7.16. The molecule has 1 heterocycles. The Morgan fingerprint density at radius 2 is 1.71 bits per heavy atom. The predicted molar refractivity (Wildman–Crippen MR) is 70.2 cm³/mol. The van der Waals surface area contributed by atoms with E-state index in [4.69, 9.17) is 0 Å². The molecule has 1 saturated heterocycles. The first-order valence-corrected chi connectivity index (χ1v) is 7.16. The zero-order chi connectivity index (χ0) is 15.5. The number of likely N-dealkylation sites (tertiary alicyclic amines) is 1. The summed E-state index contributed by atoms with van der Waals surface area (Å²) in [6, 6.07) is 0. The maximum absolute atomic E-state index is 12.3. The van der Waals surface area contributed by atoms with Gasteiger partial charge < -0.3 is 10.2 Å². The highest BCUT2D eigenvalue weighted by Crippen LogP contribution is 2.24. The standard InChI is InChI=1S/C14H19F3N2O2/c15-14(16,17)13(21)19-7-5-10(6-8-19)9-18-12(20)11-3-1-2-4-11/h1-2,10-11H,3-9H2,(H,18,20). The monoisotopic (exact) mass is 304 g/mol. The van der Waals surface area contributed by atoms with E-state index in [1.165, 1.54) is 0 Å². The summed E-state index contributed by atoms with van der Waals surface area (Å²) in [5.74, 6) is -1.62. The van der Waals surface area contributed by atoms with E-state index in [1.54, 1.807) is 0 Å². The average Bonchev–Trinajstić information content (AvgIpc) is 2.98. The molecule has 0 aromatic heterocycles. The minimum atomic E-state index is -4.80. The van der Waals surface area contributed by atoms with Crippen LogP contribution < -0.4 is 5.32 Å². The lowest BCUT2D eigenvalue weighted by molar-refractivity contribution is -0.186. The Labute approximate surface area is 121 Å². The summed E-state index contributed by atoms with van der Waals surface area (Å²) in [6.45, 7) is 0.678. The lowest BCUT2D eigenvalue weighted by Gasteiger charge is -2.32. The summed E-state index contributed by atoms with van der Waals surface area (Å²) in [4.78, 5) is 23.8. The van der Waals surface area contributed by atoms with Crippen molar-refractivity contribution in [1.82, 2.24) is 10.2 Å². The zero-order valence-corrected chi connectivity index (χ0v) is 11.7. The van der Waals surface area contributed by atoms with Crippen LogP contribution in [0.4, 0.5) is 13.2 Å². The van der Waals surface area contributed by atoms with Gasteiger partial charge in [0.1, 0.15) is 0 Å². The van der Waals surface area contributed by atoms with Crippen LogP contribution in [0.25, 0.3) is 0 Å². The van der Waals surface area contributed by atoms with Gasteiger partial charge in [-0.3, -0.25) is 9.59 Å². The van der Waals surface area contributed by atoms with Crippen LogP contribution in [0.1, 0.15) is 25.7 Å². The van der Waals surface area contributed by atoms with Crippen molar-refractivity contribution in [1.29, 1.82) is 0 Å². The van der Waals surface area contributed by atoms with Crippen LogP contribution in [-0.2, 0) is 9.59 Å². The van der Waals surface area contributed by atoms with Gasteiger partial charge in [-0.1, -0.05) is 12.2 Å². The minimum absolute atomic E-state index is 0.00287. The van der Waals surface area contributed by atoms with Gasteiger partial charge in [0, 0.05) is 25.6 Å². The van der Waals surface area contributed by atoms with Gasteiger partial charge in [-0.15, -0.1) is 0 Å². The van der Waals surface area contributed by atoms with E-state index in [0.717, 1.165) is 17.7 Å². The van der Waals surface area contributed by atoms with Crippen molar-refractivity contribution in [2.75, 3.05) is 19.6 Å². The molecule has 118 valence electrons. The maximum Gasteiger partial charge on any atom is 0.471 e. The van der Waals surface area contributed by atoms with E-state index in [2.05, 4.69) is 5.32 Å². The third-order valence-electron chi connectivity index (χ3n) is 4.09. The Morgan fingerprint density at radius 1 is 1.14 bits per heavy atom. The third-order valence-corrected chi connectivity index (χ3v) is 4.09. The van der Waals surface area contributed by atoms with Crippen LogP contribution in [0, 0.1) is 11.8 Å². The van der Waals surface area contributed by atoms with Crippen molar-refractivity contribution in [3.05, 3.63) is 12.2 Å². The summed E-state index contributed by atoms with van der Waals surface area (Å²) in [6.07, 6.45) is 1.65. The number of nitrogens with zero attached hydrogens (tertiary/aromatic N) is 1. The molecule has 0 radical (unpaired) electrons. The van der Waals surface area contributed by atoms with Gasteiger partial charge in [-0.05, 0) is 31.6 Å². The number of rotatable bonds is 3. The number of amides is 2. The van der Waals surface area contributed by atoms with Crippen LogP contribution in [0.15, 0.2) is 12.2 Å². The third kappa shape index (κ3) is 4.22. The Bertz CT molecular complexity index is 418. The normalized spacial score (nSPS) is 20.8. The van der Waals surface area contributed by atoms with Gasteiger partial charge in [-0.25, -0.2) is 0 Å². The number of hydrogen-bond donors (Lipinski definition) is 1. The fourth-order valence-electron chi connectivity index (χ4n) is 2.74. The number of carbonyl (C=O) groups excluding carboxylic acids is 2.